The van der Waals surface area contributed by atoms with E-state index in [1.165, 1.54) is 6.07 Å². The van der Waals surface area contributed by atoms with Crippen molar-refractivity contribution in [1.29, 1.82) is 0 Å². The second-order valence-electron chi connectivity index (χ2n) is 4.91. The first kappa shape index (κ1) is 15.2. The van der Waals surface area contributed by atoms with Gasteiger partial charge in [0, 0.05) is 29.2 Å². The van der Waals surface area contributed by atoms with Gasteiger partial charge in [0.25, 0.3) is 0 Å². The quantitative estimate of drug-likeness (QED) is 0.432. The summed E-state index contributed by atoms with van der Waals surface area (Å²) in [5.74, 6) is -0.869. The number of nitro groups is 1. The zero-order valence-electron chi connectivity index (χ0n) is 11.8. The summed E-state index contributed by atoms with van der Waals surface area (Å²) >= 11 is 6.16. The molecule has 2 aromatic carbocycles. The smallest absolute Gasteiger partial charge is 0.306 e. The van der Waals surface area contributed by atoms with Crippen molar-refractivity contribution in [3.8, 4) is 0 Å². The van der Waals surface area contributed by atoms with E-state index in [4.69, 9.17) is 11.6 Å². The highest BCUT2D eigenvalue weighted by molar-refractivity contribution is 6.30. The normalized spacial score (nSPS) is 10.7. The van der Waals surface area contributed by atoms with Crippen molar-refractivity contribution in [2.45, 2.75) is 6.54 Å². The van der Waals surface area contributed by atoms with Crippen molar-refractivity contribution in [1.82, 2.24) is 4.98 Å². The minimum atomic E-state index is -0.869. The van der Waals surface area contributed by atoms with Gasteiger partial charge in [0.2, 0.25) is 5.82 Å². The Hall–Kier alpha value is -2.73. The van der Waals surface area contributed by atoms with Crippen LogP contribution in [0.2, 0.25) is 5.15 Å². The largest absolute Gasteiger partial charge is 0.381 e. The number of nitrogens with one attached hydrogen (secondary N) is 1. The molecule has 3 aromatic rings. The van der Waals surface area contributed by atoms with Crippen molar-refractivity contribution in [3.63, 3.8) is 0 Å². The molecule has 0 radical (unpaired) electrons. The maximum absolute atomic E-state index is 13.3. The van der Waals surface area contributed by atoms with E-state index in [0.717, 1.165) is 28.6 Å². The Labute approximate surface area is 135 Å². The number of nitro benzene ring substituents is 1. The van der Waals surface area contributed by atoms with Gasteiger partial charge in [-0.25, -0.2) is 4.98 Å². The highest BCUT2D eigenvalue weighted by Crippen LogP contribution is 2.24. The van der Waals surface area contributed by atoms with E-state index in [1.54, 1.807) is 0 Å². The van der Waals surface area contributed by atoms with Crippen LogP contribution in [0.3, 0.4) is 0 Å². The zero-order valence-corrected chi connectivity index (χ0v) is 12.5. The molecule has 0 amide bonds. The van der Waals surface area contributed by atoms with Crippen LogP contribution in [0.1, 0.15) is 5.56 Å². The molecular weight excluding hydrogens is 321 g/mol. The number of fused-ring (bicyclic) bond motifs is 1. The SMILES string of the molecule is O=[N+]([O-])c1cc(NCc2cc3ccccc3nc2Cl)ccc1F. The lowest BCUT2D eigenvalue weighted by atomic mass is 10.1. The molecule has 0 aliphatic rings. The zero-order chi connectivity index (χ0) is 16.4. The molecule has 3 rings (SSSR count). The molecule has 1 heterocycles. The van der Waals surface area contributed by atoms with Crippen molar-refractivity contribution in [2.75, 3.05) is 5.32 Å². The Balaban J connectivity index is 1.84. The molecule has 1 N–H and O–H groups in total. The predicted octanol–water partition coefficient (Wildman–Crippen LogP) is 4.55. The van der Waals surface area contributed by atoms with Gasteiger partial charge in [-0.3, -0.25) is 10.1 Å². The topological polar surface area (TPSA) is 68.1 Å². The summed E-state index contributed by atoms with van der Waals surface area (Å²) in [5.41, 5.74) is 1.40. The number of anilines is 1. The molecule has 0 unspecified atom stereocenters. The molecule has 0 bridgehead atoms. The number of pyridine rings is 1. The molecule has 116 valence electrons. The van der Waals surface area contributed by atoms with Crippen molar-refractivity contribution < 1.29 is 9.31 Å². The number of rotatable bonds is 4. The third-order valence-electron chi connectivity index (χ3n) is 3.38. The maximum Gasteiger partial charge on any atom is 0.306 e. The van der Waals surface area contributed by atoms with Crippen LogP contribution in [-0.4, -0.2) is 9.91 Å². The van der Waals surface area contributed by atoms with Gasteiger partial charge >= 0.3 is 5.69 Å². The van der Waals surface area contributed by atoms with E-state index in [9.17, 15) is 14.5 Å². The number of aromatic nitrogens is 1. The maximum atomic E-state index is 13.3. The van der Waals surface area contributed by atoms with Crippen LogP contribution in [0.5, 0.6) is 0 Å². The molecule has 1 aromatic heterocycles. The lowest BCUT2D eigenvalue weighted by Gasteiger charge is -2.09. The Morgan fingerprint density at radius 3 is 2.78 bits per heavy atom. The van der Waals surface area contributed by atoms with E-state index >= 15 is 0 Å². The number of para-hydroxylation sites is 1. The fraction of sp³-hybridized carbons (Fsp3) is 0.0625. The Bertz CT molecular complexity index is 902. The summed E-state index contributed by atoms with van der Waals surface area (Å²) in [5, 5.41) is 15.0. The van der Waals surface area contributed by atoms with Crippen LogP contribution in [0.15, 0.2) is 48.5 Å². The second-order valence-corrected chi connectivity index (χ2v) is 5.27. The standard InChI is InChI=1S/C16H11ClFN3O2/c17-16-11(7-10-3-1-2-4-14(10)20-16)9-19-12-5-6-13(18)15(8-12)21(22)23/h1-8,19H,9H2. The number of benzene rings is 2. The molecule has 0 spiro atoms. The van der Waals surface area contributed by atoms with Gasteiger partial charge in [-0.15, -0.1) is 0 Å². The number of hydrogen-bond acceptors (Lipinski definition) is 4. The summed E-state index contributed by atoms with van der Waals surface area (Å²) in [6, 6.07) is 13.1. The van der Waals surface area contributed by atoms with Gasteiger partial charge in [-0.05, 0) is 24.3 Å². The number of halogens is 2. The highest BCUT2D eigenvalue weighted by Gasteiger charge is 2.14. The Morgan fingerprint density at radius 2 is 2.00 bits per heavy atom. The third-order valence-corrected chi connectivity index (χ3v) is 3.70. The molecular formula is C16H11ClFN3O2. The minimum Gasteiger partial charge on any atom is -0.381 e. The lowest BCUT2D eigenvalue weighted by molar-refractivity contribution is -0.387. The van der Waals surface area contributed by atoms with Crippen molar-refractivity contribution in [2.24, 2.45) is 0 Å². The molecule has 0 saturated heterocycles. The molecule has 23 heavy (non-hydrogen) atoms. The molecule has 5 nitrogen and oxygen atoms in total. The van der Waals surface area contributed by atoms with Crippen LogP contribution in [0.25, 0.3) is 10.9 Å². The van der Waals surface area contributed by atoms with Crippen LogP contribution >= 0.6 is 11.6 Å². The van der Waals surface area contributed by atoms with Gasteiger partial charge < -0.3 is 5.32 Å². The Morgan fingerprint density at radius 1 is 1.22 bits per heavy atom. The van der Waals surface area contributed by atoms with Crippen LogP contribution in [0, 0.1) is 15.9 Å². The van der Waals surface area contributed by atoms with Crippen LogP contribution in [-0.2, 0) is 6.54 Å². The van der Waals surface area contributed by atoms with Gasteiger partial charge in [0.15, 0.2) is 0 Å². The summed E-state index contributed by atoms with van der Waals surface area (Å²) in [4.78, 5) is 14.3. The van der Waals surface area contributed by atoms with Gasteiger partial charge in [0.05, 0.1) is 10.4 Å². The lowest BCUT2D eigenvalue weighted by Crippen LogP contribution is -2.02. The van der Waals surface area contributed by atoms with Gasteiger partial charge in [-0.2, -0.15) is 4.39 Å². The van der Waals surface area contributed by atoms with E-state index < -0.39 is 16.4 Å². The first-order valence-corrected chi connectivity index (χ1v) is 7.14. The van der Waals surface area contributed by atoms with E-state index in [-0.39, 0.29) is 0 Å². The van der Waals surface area contributed by atoms with Crippen molar-refractivity contribution >= 4 is 33.9 Å². The van der Waals surface area contributed by atoms with Gasteiger partial charge in [-0.1, -0.05) is 29.8 Å². The first-order chi connectivity index (χ1) is 11.0. The second kappa shape index (κ2) is 6.18. The third kappa shape index (κ3) is 3.22. The number of hydrogen-bond donors (Lipinski definition) is 1. The van der Waals surface area contributed by atoms with E-state index in [1.807, 2.05) is 30.3 Å². The van der Waals surface area contributed by atoms with E-state index in [0.29, 0.717) is 17.4 Å². The molecule has 0 saturated carbocycles. The van der Waals surface area contributed by atoms with Crippen molar-refractivity contribution in [3.05, 3.63) is 75.2 Å². The van der Waals surface area contributed by atoms with E-state index in [2.05, 4.69) is 10.3 Å². The fourth-order valence-corrected chi connectivity index (χ4v) is 2.43. The first-order valence-electron chi connectivity index (χ1n) is 6.76. The average molecular weight is 332 g/mol. The predicted molar refractivity (Wildman–Crippen MR) is 87.1 cm³/mol. The molecule has 0 aliphatic carbocycles. The van der Waals surface area contributed by atoms with Crippen LogP contribution < -0.4 is 5.32 Å². The van der Waals surface area contributed by atoms with Gasteiger partial charge in [0.1, 0.15) is 5.15 Å². The monoisotopic (exact) mass is 331 g/mol. The summed E-state index contributed by atoms with van der Waals surface area (Å²) in [6.45, 7) is 0.319. The summed E-state index contributed by atoms with van der Waals surface area (Å²) in [6.07, 6.45) is 0. The molecule has 0 atom stereocenters. The number of nitrogens with zero attached hydrogens (tertiary/aromatic N) is 2. The molecule has 0 fully saturated rings. The fourth-order valence-electron chi connectivity index (χ4n) is 2.22. The molecule has 0 aliphatic heterocycles. The van der Waals surface area contributed by atoms with Crippen LogP contribution in [0.4, 0.5) is 15.8 Å². The average Bonchev–Trinajstić information content (AvgIpc) is 2.53. The summed E-state index contributed by atoms with van der Waals surface area (Å²) < 4.78 is 13.3. The minimum absolute atomic E-state index is 0.319. The highest BCUT2D eigenvalue weighted by atomic mass is 35.5. The molecule has 7 heteroatoms. The summed E-state index contributed by atoms with van der Waals surface area (Å²) in [7, 11) is 0. The Kier molecular flexibility index (Phi) is 4.08.